The maximum absolute atomic E-state index is 10.9. The van der Waals surface area contributed by atoms with Crippen LogP contribution in [0.2, 0.25) is 0 Å². The Balaban J connectivity index is 2.25. The summed E-state index contributed by atoms with van der Waals surface area (Å²) in [4.78, 5) is 12.5. The first-order chi connectivity index (χ1) is 4.75. The minimum atomic E-state index is -0.189. The van der Waals surface area contributed by atoms with Crippen molar-refractivity contribution in [3.8, 4) is 0 Å². The maximum atomic E-state index is 10.9. The number of ether oxygens (including phenoxy) is 1. The summed E-state index contributed by atoms with van der Waals surface area (Å²) >= 11 is 0. The fourth-order valence-electron chi connectivity index (χ4n) is 1.49. The summed E-state index contributed by atoms with van der Waals surface area (Å²) in [5, 5.41) is 0. The summed E-state index contributed by atoms with van der Waals surface area (Å²) in [6.07, 6.45) is 1.82. The van der Waals surface area contributed by atoms with Gasteiger partial charge in [0.25, 0.3) is 0 Å². The lowest BCUT2D eigenvalue weighted by Gasteiger charge is -2.01. The highest BCUT2D eigenvalue weighted by molar-refractivity contribution is 5.80. The summed E-state index contributed by atoms with van der Waals surface area (Å²) in [5.74, 6) is 0. The first-order valence-electron chi connectivity index (χ1n) is 3.41. The molecule has 1 amide bonds. The van der Waals surface area contributed by atoms with Crippen molar-refractivity contribution in [1.29, 1.82) is 0 Å². The van der Waals surface area contributed by atoms with E-state index in [1.807, 2.05) is 19.9 Å². The topological polar surface area (TPSA) is 29.3 Å². The number of cyclic esters (lactones) is 1. The Kier molecular flexibility index (Phi) is 0.886. The van der Waals surface area contributed by atoms with E-state index >= 15 is 0 Å². The van der Waals surface area contributed by atoms with E-state index in [2.05, 4.69) is 0 Å². The molecule has 2 heterocycles. The van der Waals surface area contributed by atoms with Crippen molar-refractivity contribution >= 4 is 6.09 Å². The molecule has 0 spiro atoms. The van der Waals surface area contributed by atoms with Crippen LogP contribution in [0.5, 0.6) is 0 Å². The average molecular weight is 139 g/mol. The molecule has 0 aromatic carbocycles. The second-order valence-electron chi connectivity index (χ2n) is 2.62. The molecule has 2 rings (SSSR count). The van der Waals surface area contributed by atoms with Crippen LogP contribution in [0.1, 0.15) is 13.8 Å². The van der Waals surface area contributed by atoms with Crippen molar-refractivity contribution in [2.45, 2.75) is 26.0 Å². The van der Waals surface area contributed by atoms with Crippen LogP contribution in [-0.2, 0) is 4.74 Å². The zero-order chi connectivity index (χ0) is 7.30. The van der Waals surface area contributed by atoms with Crippen molar-refractivity contribution in [2.24, 2.45) is 0 Å². The van der Waals surface area contributed by atoms with E-state index in [0.717, 1.165) is 5.70 Å². The van der Waals surface area contributed by atoms with Crippen molar-refractivity contribution in [3.63, 3.8) is 0 Å². The van der Waals surface area contributed by atoms with E-state index in [0.29, 0.717) is 0 Å². The van der Waals surface area contributed by atoms with Crippen LogP contribution < -0.4 is 0 Å². The van der Waals surface area contributed by atoms with Gasteiger partial charge in [-0.05, 0) is 13.8 Å². The normalized spacial score (nSPS) is 40.0. The number of amides is 1. The van der Waals surface area contributed by atoms with Crippen LogP contribution in [0, 0.1) is 0 Å². The van der Waals surface area contributed by atoms with Crippen molar-refractivity contribution in [2.75, 3.05) is 0 Å². The number of hydrogen-bond acceptors (Lipinski definition) is 2. The van der Waals surface area contributed by atoms with Gasteiger partial charge in [0.05, 0.1) is 0 Å². The molecular formula is C7H9NO2. The zero-order valence-corrected chi connectivity index (χ0v) is 6.00. The average Bonchev–Trinajstić information content (AvgIpc) is 2.53. The Bertz CT molecular complexity index is 222. The third-order valence-corrected chi connectivity index (χ3v) is 2.02. The van der Waals surface area contributed by atoms with Gasteiger partial charge < -0.3 is 4.74 Å². The summed E-state index contributed by atoms with van der Waals surface area (Å²) in [5.41, 5.74) is 1.11. The second kappa shape index (κ2) is 1.54. The molecule has 2 aliphatic heterocycles. The number of nitrogens with zero attached hydrogens (tertiary/aromatic N) is 1. The molecule has 3 heteroatoms. The van der Waals surface area contributed by atoms with E-state index in [1.165, 1.54) is 0 Å². The molecule has 2 atom stereocenters. The first kappa shape index (κ1) is 5.77. The number of hydrogen-bond donors (Lipinski definition) is 0. The third-order valence-electron chi connectivity index (χ3n) is 2.02. The van der Waals surface area contributed by atoms with Gasteiger partial charge in [-0.1, -0.05) is 6.08 Å². The molecular weight excluding hydrogens is 130 g/mol. The third kappa shape index (κ3) is 0.478. The molecule has 0 unspecified atom stereocenters. The van der Waals surface area contributed by atoms with Crippen LogP contribution in [0.15, 0.2) is 11.8 Å². The van der Waals surface area contributed by atoms with Gasteiger partial charge in [0.1, 0.15) is 12.1 Å². The highest BCUT2D eigenvalue weighted by Gasteiger charge is 2.56. The number of carbonyl (C=O) groups is 1. The number of allylic oxidation sites excluding steroid dienone is 1. The smallest absolute Gasteiger partial charge is 0.415 e. The number of fused-ring (bicyclic) bond motifs is 1. The Morgan fingerprint density at radius 2 is 2.40 bits per heavy atom. The van der Waals surface area contributed by atoms with Crippen LogP contribution in [0.4, 0.5) is 4.79 Å². The monoisotopic (exact) mass is 139 g/mol. The molecule has 0 aliphatic carbocycles. The maximum Gasteiger partial charge on any atom is 0.415 e. The first-order valence-corrected chi connectivity index (χ1v) is 3.41. The highest BCUT2D eigenvalue weighted by Crippen LogP contribution is 2.42. The van der Waals surface area contributed by atoms with E-state index < -0.39 is 0 Å². The molecule has 0 N–H and O–H groups in total. The van der Waals surface area contributed by atoms with Gasteiger partial charge in [-0.25, -0.2) is 4.79 Å². The van der Waals surface area contributed by atoms with Gasteiger partial charge in [-0.2, -0.15) is 0 Å². The van der Waals surface area contributed by atoms with Crippen LogP contribution in [0.25, 0.3) is 0 Å². The molecule has 3 nitrogen and oxygen atoms in total. The second-order valence-corrected chi connectivity index (χ2v) is 2.62. The Morgan fingerprint density at radius 1 is 1.70 bits per heavy atom. The van der Waals surface area contributed by atoms with Gasteiger partial charge in [0.15, 0.2) is 0 Å². The lowest BCUT2D eigenvalue weighted by molar-refractivity contribution is 0.134. The molecule has 0 aromatic heterocycles. The predicted molar refractivity (Wildman–Crippen MR) is 35.3 cm³/mol. The molecule has 10 heavy (non-hydrogen) atoms. The summed E-state index contributed by atoms with van der Waals surface area (Å²) in [7, 11) is 0. The minimum Gasteiger partial charge on any atom is -0.443 e. The quantitative estimate of drug-likeness (QED) is 0.470. The van der Waals surface area contributed by atoms with Crippen molar-refractivity contribution in [3.05, 3.63) is 11.8 Å². The van der Waals surface area contributed by atoms with E-state index in [9.17, 15) is 4.79 Å². The number of rotatable bonds is 0. The fraction of sp³-hybridized carbons (Fsp3) is 0.571. The largest absolute Gasteiger partial charge is 0.443 e. The van der Waals surface area contributed by atoms with E-state index in [4.69, 9.17) is 4.74 Å². The number of carbonyl (C=O) groups excluding carboxylic acids is 1. The Labute approximate surface area is 59.3 Å². The highest BCUT2D eigenvalue weighted by atomic mass is 16.6. The predicted octanol–water partition coefficient (Wildman–Crippen LogP) is 1.11. The summed E-state index contributed by atoms with van der Waals surface area (Å²) in [6, 6.07) is 0.262. The Hall–Kier alpha value is -0.990. The molecule has 2 aliphatic rings. The van der Waals surface area contributed by atoms with Gasteiger partial charge >= 0.3 is 6.09 Å². The van der Waals surface area contributed by atoms with Crippen molar-refractivity contribution in [1.82, 2.24) is 4.90 Å². The summed E-state index contributed by atoms with van der Waals surface area (Å²) in [6.45, 7) is 3.85. The van der Waals surface area contributed by atoms with Gasteiger partial charge in [0, 0.05) is 5.70 Å². The molecule has 2 saturated heterocycles. The molecule has 0 bridgehead atoms. The van der Waals surface area contributed by atoms with Crippen LogP contribution in [-0.4, -0.2) is 23.1 Å². The van der Waals surface area contributed by atoms with Gasteiger partial charge in [-0.15, -0.1) is 0 Å². The van der Waals surface area contributed by atoms with E-state index in [-0.39, 0.29) is 18.2 Å². The molecule has 0 aromatic rings. The molecule has 54 valence electrons. The van der Waals surface area contributed by atoms with Crippen LogP contribution >= 0.6 is 0 Å². The lowest BCUT2D eigenvalue weighted by atomic mass is 10.3. The molecule has 0 radical (unpaired) electrons. The fourth-order valence-corrected chi connectivity index (χ4v) is 1.49. The standard InChI is InChI=1S/C7H9NO2/c1-3-5-6-4(2)10-7(9)8(5)6/h3-4,6H,1-2H3/b5-3+/t4-,6-,8?/m0/s1. The molecule has 0 saturated carbocycles. The van der Waals surface area contributed by atoms with Gasteiger partial charge in [0.2, 0.25) is 0 Å². The molecule has 2 fully saturated rings. The summed E-state index contributed by atoms with van der Waals surface area (Å²) < 4.78 is 4.90. The zero-order valence-electron chi connectivity index (χ0n) is 6.00. The van der Waals surface area contributed by atoms with E-state index in [1.54, 1.807) is 4.90 Å². The van der Waals surface area contributed by atoms with Gasteiger partial charge in [-0.3, -0.25) is 4.90 Å². The minimum absolute atomic E-state index is 0.0544. The lowest BCUT2D eigenvalue weighted by Crippen LogP contribution is -2.10. The van der Waals surface area contributed by atoms with Crippen molar-refractivity contribution < 1.29 is 9.53 Å². The Morgan fingerprint density at radius 3 is 2.70 bits per heavy atom. The SMILES string of the molecule is C/C=C1\[C@@H]2[C@H](C)OC(=O)N12. The van der Waals surface area contributed by atoms with Crippen LogP contribution in [0.3, 0.4) is 0 Å².